The molecule has 0 atom stereocenters. The number of rotatable bonds is 9. The highest BCUT2D eigenvalue weighted by molar-refractivity contribution is 5.70. The zero-order valence-electron chi connectivity index (χ0n) is 21.5. The minimum atomic E-state index is -0.180. The smallest absolute Gasteiger partial charge is 0.321 e. The molecule has 2 aromatic carbocycles. The van der Waals surface area contributed by atoms with Crippen LogP contribution in [0, 0.1) is 18.3 Å². The summed E-state index contributed by atoms with van der Waals surface area (Å²) in [5.74, 6) is 1.16. The van der Waals surface area contributed by atoms with Gasteiger partial charge < -0.3 is 9.47 Å². The highest BCUT2D eigenvalue weighted by atomic mass is 16.5. The zero-order valence-corrected chi connectivity index (χ0v) is 21.5. The van der Waals surface area contributed by atoms with Crippen LogP contribution in [0.3, 0.4) is 0 Å². The fourth-order valence-electron chi connectivity index (χ4n) is 4.26. The van der Waals surface area contributed by atoms with E-state index in [4.69, 9.17) is 14.5 Å². The van der Waals surface area contributed by atoms with Gasteiger partial charge in [0.2, 0.25) is 5.88 Å². The van der Waals surface area contributed by atoms with Crippen LogP contribution in [0.2, 0.25) is 0 Å². The van der Waals surface area contributed by atoms with Gasteiger partial charge in [0.1, 0.15) is 5.82 Å². The fourth-order valence-corrected chi connectivity index (χ4v) is 4.26. The number of hydrogen-bond acceptors (Lipinski definition) is 7. The lowest BCUT2D eigenvalue weighted by Crippen LogP contribution is -2.29. The maximum absolute atomic E-state index is 13.9. The van der Waals surface area contributed by atoms with Gasteiger partial charge in [0, 0.05) is 18.1 Å². The van der Waals surface area contributed by atoms with Crippen LogP contribution in [-0.4, -0.2) is 33.7 Å². The fraction of sp³-hybridized carbons (Fsp3) is 0.276. The van der Waals surface area contributed by atoms with Crippen molar-refractivity contribution in [2.45, 2.75) is 39.5 Å². The molecule has 0 unspecified atom stereocenters. The van der Waals surface area contributed by atoms with E-state index < -0.39 is 0 Å². The van der Waals surface area contributed by atoms with Gasteiger partial charge in [-0.2, -0.15) is 15.2 Å². The lowest BCUT2D eigenvalue weighted by atomic mass is 9.97. The van der Waals surface area contributed by atoms with Crippen molar-refractivity contribution in [3.05, 3.63) is 93.2 Å². The lowest BCUT2D eigenvalue weighted by Gasteiger charge is -2.16. The Morgan fingerprint density at radius 1 is 1.00 bits per heavy atom. The first kappa shape index (κ1) is 25.6. The van der Waals surface area contributed by atoms with Crippen LogP contribution in [0.1, 0.15) is 48.0 Å². The van der Waals surface area contributed by atoms with Crippen molar-refractivity contribution in [3.63, 3.8) is 0 Å². The van der Waals surface area contributed by atoms with E-state index in [0.717, 1.165) is 35.2 Å². The number of aromatic nitrogens is 4. The molecule has 0 spiro atoms. The van der Waals surface area contributed by atoms with Gasteiger partial charge in [-0.3, -0.25) is 4.79 Å². The van der Waals surface area contributed by atoms with Crippen LogP contribution in [0.5, 0.6) is 11.9 Å². The second-order valence-electron chi connectivity index (χ2n) is 8.61. The molecule has 0 fully saturated rings. The van der Waals surface area contributed by atoms with Crippen LogP contribution < -0.4 is 15.0 Å². The highest BCUT2D eigenvalue weighted by Crippen LogP contribution is 2.25. The van der Waals surface area contributed by atoms with Gasteiger partial charge >= 0.3 is 6.01 Å². The molecular weight excluding hydrogens is 466 g/mol. The Bertz CT molecular complexity index is 1480. The number of hydrogen-bond donors (Lipinski definition) is 0. The third-order valence-electron chi connectivity index (χ3n) is 6.18. The predicted octanol–water partition coefficient (Wildman–Crippen LogP) is 4.82. The molecule has 0 aliphatic rings. The van der Waals surface area contributed by atoms with Crippen molar-refractivity contribution in [2.75, 3.05) is 14.2 Å². The number of unbranched alkanes of at least 4 members (excludes halogenated alkanes) is 1. The van der Waals surface area contributed by atoms with Crippen molar-refractivity contribution in [2.24, 2.45) is 0 Å². The molecule has 0 radical (unpaired) electrons. The second-order valence-corrected chi connectivity index (χ2v) is 8.61. The maximum atomic E-state index is 13.9. The normalized spacial score (nSPS) is 10.7. The minimum absolute atomic E-state index is 0.102. The van der Waals surface area contributed by atoms with E-state index in [1.807, 2.05) is 42.5 Å². The Hall–Kier alpha value is -4.51. The van der Waals surface area contributed by atoms with Crippen LogP contribution in [0.4, 0.5) is 0 Å². The molecule has 0 saturated carbocycles. The summed E-state index contributed by atoms with van der Waals surface area (Å²) in [5.41, 5.74) is 4.67. The summed E-state index contributed by atoms with van der Waals surface area (Å²) in [4.78, 5) is 27.2. The molecule has 8 nitrogen and oxygen atoms in total. The predicted molar refractivity (Wildman–Crippen MR) is 141 cm³/mol. The third-order valence-corrected chi connectivity index (χ3v) is 6.18. The van der Waals surface area contributed by atoms with Crippen molar-refractivity contribution in [1.29, 1.82) is 5.26 Å². The Morgan fingerprint density at radius 3 is 2.43 bits per heavy atom. The van der Waals surface area contributed by atoms with E-state index in [1.165, 1.54) is 18.8 Å². The minimum Gasteiger partial charge on any atom is -0.481 e. The van der Waals surface area contributed by atoms with E-state index in [2.05, 4.69) is 23.0 Å². The first-order valence-corrected chi connectivity index (χ1v) is 12.2. The van der Waals surface area contributed by atoms with E-state index in [0.29, 0.717) is 35.6 Å². The molecule has 37 heavy (non-hydrogen) atoms. The van der Waals surface area contributed by atoms with Crippen LogP contribution >= 0.6 is 0 Å². The van der Waals surface area contributed by atoms with Crippen molar-refractivity contribution >= 4 is 0 Å². The summed E-state index contributed by atoms with van der Waals surface area (Å²) >= 11 is 0. The van der Waals surface area contributed by atoms with Crippen molar-refractivity contribution in [1.82, 2.24) is 19.5 Å². The Labute approximate surface area is 216 Å². The quantitative estimate of drug-likeness (QED) is 0.328. The molecule has 188 valence electrons. The number of benzene rings is 2. The van der Waals surface area contributed by atoms with Gasteiger partial charge in [-0.25, -0.2) is 9.55 Å². The molecule has 0 aliphatic heterocycles. The largest absolute Gasteiger partial charge is 0.481 e. The van der Waals surface area contributed by atoms with Gasteiger partial charge in [-0.05, 0) is 42.5 Å². The van der Waals surface area contributed by atoms with Gasteiger partial charge in [0.25, 0.3) is 5.56 Å². The van der Waals surface area contributed by atoms with Gasteiger partial charge in [-0.1, -0.05) is 55.8 Å². The van der Waals surface area contributed by atoms with E-state index in [1.54, 1.807) is 19.1 Å². The molecule has 4 aromatic rings. The molecule has 0 amide bonds. The number of ether oxygens (including phenoxy) is 2. The number of methoxy groups -OCH3 is 2. The third kappa shape index (κ3) is 5.51. The summed E-state index contributed by atoms with van der Waals surface area (Å²) in [6, 6.07) is 19.4. The molecule has 0 saturated heterocycles. The maximum Gasteiger partial charge on any atom is 0.321 e. The Morgan fingerprint density at radius 2 is 1.76 bits per heavy atom. The summed E-state index contributed by atoms with van der Waals surface area (Å²) in [7, 11) is 2.96. The topological polar surface area (TPSA) is 103 Å². The summed E-state index contributed by atoms with van der Waals surface area (Å²) < 4.78 is 12.0. The number of nitrogens with zero attached hydrogens (tertiary/aromatic N) is 5. The van der Waals surface area contributed by atoms with Crippen LogP contribution in [-0.2, 0) is 12.8 Å². The molecular formula is C29H29N5O3. The average Bonchev–Trinajstić information content (AvgIpc) is 2.93. The average molecular weight is 496 g/mol. The van der Waals surface area contributed by atoms with Crippen LogP contribution in [0.25, 0.3) is 16.9 Å². The molecule has 2 heterocycles. The first-order chi connectivity index (χ1) is 18.0. The van der Waals surface area contributed by atoms with Crippen LogP contribution in [0.15, 0.2) is 59.4 Å². The van der Waals surface area contributed by atoms with Gasteiger partial charge in [-0.15, -0.1) is 0 Å². The van der Waals surface area contributed by atoms with E-state index >= 15 is 0 Å². The monoisotopic (exact) mass is 495 g/mol. The highest BCUT2D eigenvalue weighted by Gasteiger charge is 2.19. The molecule has 4 rings (SSSR count). The van der Waals surface area contributed by atoms with E-state index in [9.17, 15) is 10.1 Å². The Balaban J connectivity index is 1.78. The summed E-state index contributed by atoms with van der Waals surface area (Å²) in [5, 5.41) is 9.45. The number of nitriles is 1. The van der Waals surface area contributed by atoms with Crippen molar-refractivity contribution < 1.29 is 9.47 Å². The van der Waals surface area contributed by atoms with E-state index in [-0.39, 0.29) is 17.4 Å². The molecule has 0 aliphatic carbocycles. The SMILES string of the molecule is CCCCc1nc(C)n(-c2cc(OC)nc(OC)n2)c(=O)c1Cc1ccc(-c2ccccc2C#N)cc1. The molecule has 0 bridgehead atoms. The Kier molecular flexibility index (Phi) is 7.94. The van der Waals surface area contributed by atoms with Crippen molar-refractivity contribution in [3.8, 4) is 34.9 Å². The molecule has 8 heteroatoms. The summed E-state index contributed by atoms with van der Waals surface area (Å²) in [6.45, 7) is 3.91. The number of aryl methyl sites for hydroxylation is 2. The van der Waals surface area contributed by atoms with Gasteiger partial charge in [0.05, 0.1) is 31.5 Å². The first-order valence-electron chi connectivity index (χ1n) is 12.2. The molecule has 0 N–H and O–H groups in total. The van der Waals surface area contributed by atoms with Gasteiger partial charge in [0.15, 0.2) is 5.82 Å². The summed E-state index contributed by atoms with van der Waals surface area (Å²) in [6.07, 6.45) is 3.07. The molecule has 2 aromatic heterocycles. The zero-order chi connectivity index (χ0) is 26.4. The second kappa shape index (κ2) is 11.5. The standard InChI is InChI=1S/C29H29N5O3/c1-5-6-11-25-24(16-20-12-14-21(15-13-20)23-10-8-7-9-22(23)18-30)28(35)34(19(2)31-25)26-17-27(36-3)33-29(32-26)37-4/h7-10,12-15,17H,5-6,11,16H2,1-4H3. The lowest BCUT2D eigenvalue weighted by molar-refractivity contribution is 0.351.